The van der Waals surface area contributed by atoms with E-state index in [0.717, 1.165) is 0 Å². The van der Waals surface area contributed by atoms with Crippen molar-refractivity contribution in [1.82, 2.24) is 4.90 Å². The summed E-state index contributed by atoms with van der Waals surface area (Å²) in [5.74, 6) is -1.24. The first-order valence-electron chi connectivity index (χ1n) is 9.09. The normalized spacial score (nSPS) is 19.0. The summed E-state index contributed by atoms with van der Waals surface area (Å²) in [5.41, 5.74) is 0.411. The van der Waals surface area contributed by atoms with Crippen molar-refractivity contribution in [3.63, 3.8) is 0 Å². The molecule has 0 aliphatic carbocycles. The fourth-order valence-electron chi connectivity index (χ4n) is 3.17. The number of hydrogen-bond acceptors (Lipinski definition) is 5. The van der Waals surface area contributed by atoms with Crippen LogP contribution in [0.2, 0.25) is 5.02 Å². The molecule has 2 aromatic rings. The minimum absolute atomic E-state index is 0.00653. The summed E-state index contributed by atoms with van der Waals surface area (Å²) in [6.45, 7) is 4.63. The highest BCUT2D eigenvalue weighted by molar-refractivity contribution is 6.46. The minimum atomic E-state index is -0.787. The van der Waals surface area contributed by atoms with Gasteiger partial charge < -0.3 is 19.2 Å². The van der Waals surface area contributed by atoms with E-state index in [1.165, 1.54) is 11.2 Å². The maximum atomic E-state index is 12.7. The molecule has 7 heteroatoms. The zero-order valence-electron chi connectivity index (χ0n) is 15.7. The minimum Gasteiger partial charge on any atom is -0.507 e. The summed E-state index contributed by atoms with van der Waals surface area (Å²) in [7, 11) is 0. The summed E-state index contributed by atoms with van der Waals surface area (Å²) in [4.78, 5) is 26.8. The predicted octanol–water partition coefficient (Wildman–Crippen LogP) is 4.17. The van der Waals surface area contributed by atoms with Crippen LogP contribution in [0.15, 0.2) is 52.7 Å². The smallest absolute Gasteiger partial charge is 0.295 e. The van der Waals surface area contributed by atoms with Crippen molar-refractivity contribution in [3.8, 4) is 0 Å². The second kappa shape index (κ2) is 8.63. The van der Waals surface area contributed by atoms with Gasteiger partial charge >= 0.3 is 0 Å². The van der Waals surface area contributed by atoms with Crippen LogP contribution >= 0.6 is 11.6 Å². The Labute approximate surface area is 168 Å². The maximum absolute atomic E-state index is 12.7. The molecule has 1 unspecified atom stereocenters. The Bertz CT molecular complexity index is 871. The summed E-state index contributed by atoms with van der Waals surface area (Å²) in [5, 5.41) is 11.3. The van der Waals surface area contributed by atoms with Gasteiger partial charge in [0.25, 0.3) is 11.7 Å². The quantitative estimate of drug-likeness (QED) is 0.325. The number of carbonyl (C=O) groups excluding carboxylic acids is 2. The zero-order valence-corrected chi connectivity index (χ0v) is 16.5. The van der Waals surface area contributed by atoms with Gasteiger partial charge in [0.15, 0.2) is 0 Å². The number of amides is 1. The van der Waals surface area contributed by atoms with Crippen molar-refractivity contribution in [1.29, 1.82) is 0 Å². The van der Waals surface area contributed by atoms with Crippen LogP contribution in [0.25, 0.3) is 5.76 Å². The fourth-order valence-corrected chi connectivity index (χ4v) is 3.30. The number of hydrogen-bond donors (Lipinski definition) is 1. The van der Waals surface area contributed by atoms with Crippen LogP contribution in [0, 0.1) is 0 Å². The van der Waals surface area contributed by atoms with Gasteiger partial charge in [-0.25, -0.2) is 0 Å². The number of halogens is 1. The molecule has 2 heterocycles. The molecule has 1 amide bonds. The Hall–Kier alpha value is -2.57. The first-order valence-corrected chi connectivity index (χ1v) is 9.47. The lowest BCUT2D eigenvalue weighted by Gasteiger charge is -2.23. The number of ketones is 1. The molecule has 148 valence electrons. The largest absolute Gasteiger partial charge is 0.507 e. The summed E-state index contributed by atoms with van der Waals surface area (Å²) < 4.78 is 11.0. The molecule has 0 bridgehead atoms. The number of benzene rings is 1. The second-order valence-electron chi connectivity index (χ2n) is 6.79. The van der Waals surface area contributed by atoms with Crippen LogP contribution in [0.1, 0.15) is 37.6 Å². The van der Waals surface area contributed by atoms with Crippen molar-refractivity contribution in [2.75, 3.05) is 13.2 Å². The van der Waals surface area contributed by atoms with Gasteiger partial charge in [-0.1, -0.05) is 11.6 Å². The Morgan fingerprint density at radius 1 is 1.25 bits per heavy atom. The highest BCUT2D eigenvalue weighted by Crippen LogP contribution is 2.39. The molecule has 1 aliphatic rings. The first kappa shape index (κ1) is 20.2. The number of Topliss-reactive ketones (excluding diaryl/α,β-unsaturated/α-hetero) is 1. The molecule has 28 heavy (non-hydrogen) atoms. The lowest BCUT2D eigenvalue weighted by molar-refractivity contribution is -0.140. The van der Waals surface area contributed by atoms with Crippen LogP contribution in [0.3, 0.4) is 0 Å². The summed E-state index contributed by atoms with van der Waals surface area (Å²) in [6, 6.07) is 8.99. The number of likely N-dealkylation sites (tertiary alicyclic amines) is 1. The van der Waals surface area contributed by atoms with Crippen molar-refractivity contribution in [3.05, 3.63) is 64.6 Å². The average Bonchev–Trinajstić information content (AvgIpc) is 3.27. The lowest BCUT2D eigenvalue weighted by atomic mass is 9.99. The third-order valence-electron chi connectivity index (χ3n) is 4.46. The molecule has 1 aliphatic heterocycles. The number of aliphatic hydroxyl groups excluding tert-OH is 1. The van der Waals surface area contributed by atoms with E-state index < -0.39 is 17.7 Å². The second-order valence-corrected chi connectivity index (χ2v) is 7.22. The third kappa shape index (κ3) is 4.13. The van der Waals surface area contributed by atoms with Gasteiger partial charge in [0.05, 0.1) is 17.9 Å². The Morgan fingerprint density at radius 3 is 2.57 bits per heavy atom. The molecular weight excluding hydrogens is 382 g/mol. The van der Waals surface area contributed by atoms with Gasteiger partial charge in [-0.15, -0.1) is 0 Å². The van der Waals surface area contributed by atoms with Gasteiger partial charge in [0.1, 0.15) is 17.6 Å². The Kier molecular flexibility index (Phi) is 6.21. The summed E-state index contributed by atoms with van der Waals surface area (Å²) in [6.07, 6.45) is 2.12. The highest BCUT2D eigenvalue weighted by atomic mass is 35.5. The topological polar surface area (TPSA) is 80.0 Å². The molecule has 1 saturated heterocycles. The summed E-state index contributed by atoms with van der Waals surface area (Å²) >= 11 is 5.90. The molecule has 6 nitrogen and oxygen atoms in total. The standard InChI is InChI=1S/C21H22ClNO5/c1-13(2)27-12-4-10-23-18(16-5-3-11-28-16)17(20(25)21(23)26)19(24)14-6-8-15(22)9-7-14/h3,5-9,11,13,18,24H,4,10,12H2,1-2H3/b19-17-. The molecule has 3 rings (SSSR count). The van der Waals surface area contributed by atoms with Crippen molar-refractivity contribution < 1.29 is 23.8 Å². The van der Waals surface area contributed by atoms with Crippen LogP contribution in [-0.2, 0) is 14.3 Å². The van der Waals surface area contributed by atoms with E-state index in [-0.39, 0.29) is 17.4 Å². The third-order valence-corrected chi connectivity index (χ3v) is 4.72. The number of rotatable bonds is 7. The molecule has 1 fully saturated rings. The lowest BCUT2D eigenvalue weighted by Crippen LogP contribution is -2.31. The average molecular weight is 404 g/mol. The van der Waals surface area contributed by atoms with Crippen LogP contribution in [0.5, 0.6) is 0 Å². The number of furan rings is 1. The molecule has 1 aromatic carbocycles. The molecule has 1 atom stereocenters. The monoisotopic (exact) mass is 403 g/mol. The molecule has 0 radical (unpaired) electrons. The molecule has 0 saturated carbocycles. The molecule has 1 N–H and O–H groups in total. The van der Waals surface area contributed by atoms with Gasteiger partial charge in [-0.05, 0) is 56.7 Å². The molecule has 0 spiro atoms. The van der Waals surface area contributed by atoms with E-state index in [1.54, 1.807) is 36.4 Å². The van der Waals surface area contributed by atoms with E-state index >= 15 is 0 Å². The van der Waals surface area contributed by atoms with E-state index in [9.17, 15) is 14.7 Å². The molecular formula is C21H22ClNO5. The van der Waals surface area contributed by atoms with Crippen LogP contribution < -0.4 is 0 Å². The van der Waals surface area contributed by atoms with Gasteiger partial charge in [-0.2, -0.15) is 0 Å². The van der Waals surface area contributed by atoms with Crippen molar-refractivity contribution >= 4 is 29.1 Å². The number of nitrogens with zero attached hydrogens (tertiary/aromatic N) is 1. The molecule has 1 aromatic heterocycles. The van der Waals surface area contributed by atoms with E-state index in [4.69, 9.17) is 20.8 Å². The number of aliphatic hydroxyl groups is 1. The highest BCUT2D eigenvalue weighted by Gasteiger charge is 2.47. The van der Waals surface area contributed by atoms with Crippen LogP contribution in [0.4, 0.5) is 0 Å². The van der Waals surface area contributed by atoms with Gasteiger partial charge in [-0.3, -0.25) is 9.59 Å². The predicted molar refractivity (Wildman–Crippen MR) is 105 cm³/mol. The van der Waals surface area contributed by atoms with Crippen molar-refractivity contribution in [2.45, 2.75) is 32.4 Å². The number of carbonyl (C=O) groups is 2. The van der Waals surface area contributed by atoms with E-state index in [0.29, 0.717) is 35.9 Å². The van der Waals surface area contributed by atoms with Crippen LogP contribution in [-0.4, -0.2) is 41.0 Å². The van der Waals surface area contributed by atoms with Gasteiger partial charge in [0.2, 0.25) is 0 Å². The first-order chi connectivity index (χ1) is 13.4. The zero-order chi connectivity index (χ0) is 20.3. The maximum Gasteiger partial charge on any atom is 0.295 e. The Morgan fingerprint density at radius 2 is 1.96 bits per heavy atom. The number of ether oxygens (including phenoxy) is 1. The van der Waals surface area contributed by atoms with E-state index in [1.807, 2.05) is 13.8 Å². The fraction of sp³-hybridized carbons (Fsp3) is 0.333. The van der Waals surface area contributed by atoms with Gasteiger partial charge in [0, 0.05) is 23.7 Å². The van der Waals surface area contributed by atoms with E-state index in [2.05, 4.69) is 0 Å². The SMILES string of the molecule is CC(C)OCCCN1C(=O)C(=O)/C(=C(\O)c2ccc(Cl)cc2)C1c1ccco1. The Balaban J connectivity index is 1.96. The van der Waals surface area contributed by atoms with Crippen molar-refractivity contribution in [2.24, 2.45) is 0 Å².